The molecule has 0 aromatic heterocycles. The van der Waals surface area contributed by atoms with Gasteiger partial charge in [-0.25, -0.2) is 4.39 Å². The number of nitrogens with one attached hydrogen (secondary N) is 1. The Balaban J connectivity index is 2.55. The van der Waals surface area contributed by atoms with Crippen LogP contribution in [0.25, 0.3) is 0 Å². The zero-order valence-corrected chi connectivity index (χ0v) is 13.9. The van der Waals surface area contributed by atoms with Crippen LogP contribution in [-0.2, 0) is 0 Å². The van der Waals surface area contributed by atoms with Gasteiger partial charge in [0.05, 0.1) is 6.04 Å². The Labute approximate surface area is 136 Å². The first-order chi connectivity index (χ1) is 9.52. The van der Waals surface area contributed by atoms with E-state index in [0.29, 0.717) is 22.2 Å². The molecule has 0 aliphatic rings. The molecule has 0 radical (unpaired) electrons. The van der Waals surface area contributed by atoms with Crippen molar-refractivity contribution in [3.05, 3.63) is 67.9 Å². The number of halogens is 4. The first-order valence-electron chi connectivity index (χ1n) is 6.16. The molecule has 0 heterocycles. The maximum absolute atomic E-state index is 14.1. The van der Waals surface area contributed by atoms with Crippen molar-refractivity contribution in [1.29, 1.82) is 0 Å². The highest BCUT2D eigenvalue weighted by atomic mass is 79.9. The lowest BCUT2D eigenvalue weighted by atomic mass is 9.98. The fraction of sp³-hybridized carbons (Fsp3) is 0.200. The minimum absolute atomic E-state index is 0.282. The smallest absolute Gasteiger partial charge is 0.128 e. The second kappa shape index (κ2) is 6.90. The van der Waals surface area contributed by atoms with Gasteiger partial charge in [-0.2, -0.15) is 0 Å². The average molecular weight is 377 g/mol. The molecular weight excluding hydrogens is 364 g/mol. The first kappa shape index (κ1) is 15.8. The van der Waals surface area contributed by atoms with Crippen LogP contribution in [0.15, 0.2) is 40.9 Å². The molecule has 0 saturated heterocycles. The number of benzene rings is 2. The van der Waals surface area contributed by atoms with E-state index in [1.54, 1.807) is 30.3 Å². The zero-order chi connectivity index (χ0) is 14.7. The lowest BCUT2D eigenvalue weighted by Gasteiger charge is -2.21. The predicted molar refractivity (Wildman–Crippen MR) is 86.1 cm³/mol. The fourth-order valence-corrected chi connectivity index (χ4v) is 2.85. The van der Waals surface area contributed by atoms with E-state index < -0.39 is 0 Å². The van der Waals surface area contributed by atoms with E-state index in [-0.39, 0.29) is 11.9 Å². The van der Waals surface area contributed by atoms with Gasteiger partial charge >= 0.3 is 0 Å². The molecule has 0 bridgehead atoms. The predicted octanol–water partition coefficient (Wildman–Crippen LogP) is 5.59. The van der Waals surface area contributed by atoms with Gasteiger partial charge in [-0.15, -0.1) is 0 Å². The van der Waals surface area contributed by atoms with Crippen molar-refractivity contribution in [2.24, 2.45) is 0 Å². The lowest BCUT2D eigenvalue weighted by molar-refractivity contribution is 0.558. The SMILES string of the molecule is CCNC(c1cc(Br)ccc1F)c1cc(Cl)ccc1Cl. The molecule has 106 valence electrons. The third kappa shape index (κ3) is 3.53. The van der Waals surface area contributed by atoms with Crippen LogP contribution in [0.4, 0.5) is 4.39 Å². The molecule has 2 aromatic carbocycles. The second-order valence-electron chi connectivity index (χ2n) is 4.32. The monoisotopic (exact) mass is 375 g/mol. The van der Waals surface area contributed by atoms with Gasteiger partial charge in [-0.05, 0) is 48.5 Å². The van der Waals surface area contributed by atoms with Gasteiger partial charge in [-0.3, -0.25) is 0 Å². The summed E-state index contributed by atoms with van der Waals surface area (Å²) in [5.41, 5.74) is 1.29. The highest BCUT2D eigenvalue weighted by molar-refractivity contribution is 9.10. The van der Waals surface area contributed by atoms with Crippen LogP contribution in [-0.4, -0.2) is 6.54 Å². The van der Waals surface area contributed by atoms with Crippen molar-refractivity contribution in [1.82, 2.24) is 5.32 Å². The largest absolute Gasteiger partial charge is 0.306 e. The molecule has 5 heteroatoms. The quantitative estimate of drug-likeness (QED) is 0.732. The highest BCUT2D eigenvalue weighted by Gasteiger charge is 2.20. The standard InChI is InChI=1S/C15H13BrCl2FN/c1-2-20-15(11-8-10(17)4-5-13(11)18)12-7-9(16)3-6-14(12)19/h3-8,15,20H,2H2,1H3. The zero-order valence-electron chi connectivity index (χ0n) is 10.8. The Morgan fingerprint density at radius 3 is 2.60 bits per heavy atom. The molecule has 1 atom stereocenters. The van der Waals surface area contributed by atoms with E-state index in [1.807, 2.05) is 6.92 Å². The van der Waals surface area contributed by atoms with Gasteiger partial charge in [0, 0.05) is 20.1 Å². The summed E-state index contributed by atoms with van der Waals surface area (Å²) in [6, 6.07) is 9.71. The molecule has 2 aromatic rings. The van der Waals surface area contributed by atoms with Crippen LogP contribution in [0.5, 0.6) is 0 Å². The van der Waals surface area contributed by atoms with Gasteiger partial charge in [-0.1, -0.05) is 46.1 Å². The van der Waals surface area contributed by atoms with Crippen molar-refractivity contribution in [3.8, 4) is 0 Å². The van der Waals surface area contributed by atoms with Gasteiger partial charge < -0.3 is 5.32 Å². The molecule has 20 heavy (non-hydrogen) atoms. The summed E-state index contributed by atoms with van der Waals surface area (Å²) in [5, 5.41) is 4.37. The minimum atomic E-state index is -0.344. The first-order valence-corrected chi connectivity index (χ1v) is 7.71. The van der Waals surface area contributed by atoms with Crippen LogP contribution in [0.2, 0.25) is 10.0 Å². The molecule has 0 fully saturated rings. The van der Waals surface area contributed by atoms with E-state index >= 15 is 0 Å². The fourth-order valence-electron chi connectivity index (χ4n) is 2.06. The molecule has 2 rings (SSSR count). The van der Waals surface area contributed by atoms with Gasteiger partial charge in [0.2, 0.25) is 0 Å². The number of hydrogen-bond acceptors (Lipinski definition) is 1. The van der Waals surface area contributed by atoms with E-state index in [1.165, 1.54) is 6.07 Å². The van der Waals surface area contributed by atoms with Crippen LogP contribution < -0.4 is 5.32 Å². The van der Waals surface area contributed by atoms with Crippen LogP contribution in [0, 0.1) is 5.82 Å². The van der Waals surface area contributed by atoms with Crippen molar-refractivity contribution < 1.29 is 4.39 Å². The lowest BCUT2D eigenvalue weighted by Crippen LogP contribution is -2.23. The Hall–Kier alpha value is -0.610. The van der Waals surface area contributed by atoms with Crippen molar-refractivity contribution in [2.75, 3.05) is 6.54 Å². The maximum atomic E-state index is 14.1. The second-order valence-corrected chi connectivity index (χ2v) is 6.08. The summed E-state index contributed by atoms with van der Waals surface area (Å²) in [6.45, 7) is 2.64. The van der Waals surface area contributed by atoms with E-state index in [4.69, 9.17) is 23.2 Å². The highest BCUT2D eigenvalue weighted by Crippen LogP contribution is 2.33. The molecule has 1 nitrogen and oxygen atoms in total. The molecule has 0 spiro atoms. The third-order valence-electron chi connectivity index (χ3n) is 2.95. The summed E-state index contributed by atoms with van der Waals surface area (Å²) >= 11 is 15.6. The average Bonchev–Trinajstić information content (AvgIpc) is 2.42. The molecule has 0 aliphatic carbocycles. The van der Waals surface area contributed by atoms with E-state index in [2.05, 4.69) is 21.2 Å². The van der Waals surface area contributed by atoms with Crippen LogP contribution >= 0.6 is 39.1 Å². The van der Waals surface area contributed by atoms with Gasteiger partial charge in [0.25, 0.3) is 0 Å². The molecule has 0 aliphatic heterocycles. The number of rotatable bonds is 4. The summed E-state index contributed by atoms with van der Waals surface area (Å²) in [7, 11) is 0. The van der Waals surface area contributed by atoms with Crippen LogP contribution in [0.1, 0.15) is 24.1 Å². The van der Waals surface area contributed by atoms with Gasteiger partial charge in [0.1, 0.15) is 5.82 Å². The molecule has 1 N–H and O–H groups in total. The summed E-state index contributed by atoms with van der Waals surface area (Å²) in [4.78, 5) is 0. The van der Waals surface area contributed by atoms with E-state index in [9.17, 15) is 4.39 Å². The molecule has 0 amide bonds. The minimum Gasteiger partial charge on any atom is -0.306 e. The molecule has 1 unspecified atom stereocenters. The van der Waals surface area contributed by atoms with Crippen molar-refractivity contribution >= 4 is 39.1 Å². The topological polar surface area (TPSA) is 12.0 Å². The summed E-state index contributed by atoms with van der Waals surface area (Å²) < 4.78 is 14.9. The van der Waals surface area contributed by atoms with Crippen molar-refractivity contribution in [2.45, 2.75) is 13.0 Å². The maximum Gasteiger partial charge on any atom is 0.128 e. The Bertz CT molecular complexity index is 567. The van der Waals surface area contributed by atoms with Gasteiger partial charge in [0.15, 0.2) is 0 Å². The summed E-state index contributed by atoms with van der Waals surface area (Å²) in [6.07, 6.45) is 0. The Kier molecular flexibility index (Phi) is 5.44. The number of hydrogen-bond donors (Lipinski definition) is 1. The van der Waals surface area contributed by atoms with Crippen molar-refractivity contribution in [3.63, 3.8) is 0 Å². The Morgan fingerprint density at radius 1 is 1.15 bits per heavy atom. The summed E-state index contributed by atoms with van der Waals surface area (Å²) in [5.74, 6) is -0.282. The third-order valence-corrected chi connectivity index (χ3v) is 4.02. The molecular formula is C15H13BrCl2FN. The Morgan fingerprint density at radius 2 is 1.90 bits per heavy atom. The normalized spacial score (nSPS) is 12.4. The van der Waals surface area contributed by atoms with E-state index in [0.717, 1.165) is 10.0 Å². The van der Waals surface area contributed by atoms with Crippen LogP contribution in [0.3, 0.4) is 0 Å². The molecule has 0 saturated carbocycles.